The average Bonchev–Trinajstić information content (AvgIpc) is 3.09. The van der Waals surface area contributed by atoms with Crippen LogP contribution in [0.3, 0.4) is 0 Å². The van der Waals surface area contributed by atoms with Crippen LogP contribution in [0.1, 0.15) is 6.42 Å². The minimum Gasteiger partial charge on any atom is -0.465 e. The van der Waals surface area contributed by atoms with E-state index in [1.165, 1.54) is 11.8 Å². The highest BCUT2D eigenvalue weighted by Gasteiger charge is 2.29. The van der Waals surface area contributed by atoms with Crippen LogP contribution < -0.4 is 0 Å². The van der Waals surface area contributed by atoms with E-state index in [-0.39, 0.29) is 11.2 Å². The van der Waals surface area contributed by atoms with E-state index in [1.807, 2.05) is 34.9 Å². The molecule has 1 fully saturated rings. The molecule has 0 N–H and O–H groups in total. The Morgan fingerprint density at radius 2 is 2.19 bits per heavy atom. The normalized spacial score (nSPS) is 17.7. The van der Waals surface area contributed by atoms with Crippen LogP contribution in [0.15, 0.2) is 48.1 Å². The lowest BCUT2D eigenvalue weighted by atomic mass is 10.2. The lowest BCUT2D eigenvalue weighted by Crippen LogP contribution is -2.11. The van der Waals surface area contributed by atoms with Gasteiger partial charge < -0.3 is 4.74 Å². The van der Waals surface area contributed by atoms with Crippen LogP contribution in [-0.2, 0) is 16.1 Å². The molecule has 1 aliphatic rings. The van der Waals surface area contributed by atoms with Gasteiger partial charge in [-0.3, -0.25) is 9.36 Å². The maximum atomic E-state index is 11.6. The van der Waals surface area contributed by atoms with E-state index in [1.54, 1.807) is 6.08 Å². The Hall–Kier alpha value is -2.08. The Bertz CT molecular complexity index is 654. The van der Waals surface area contributed by atoms with Crippen molar-refractivity contribution < 1.29 is 9.53 Å². The van der Waals surface area contributed by atoms with Crippen LogP contribution in [-0.4, -0.2) is 32.6 Å². The second kappa shape index (κ2) is 6.13. The molecule has 0 amide bonds. The van der Waals surface area contributed by atoms with E-state index in [0.29, 0.717) is 19.6 Å². The van der Waals surface area contributed by atoms with Crippen LogP contribution >= 0.6 is 11.8 Å². The summed E-state index contributed by atoms with van der Waals surface area (Å²) >= 11 is 1.41. The molecular formula is C15H15N3O2S. The van der Waals surface area contributed by atoms with Crippen molar-refractivity contribution in [3.05, 3.63) is 43.0 Å². The number of nitrogens with zero attached hydrogens (tertiary/aromatic N) is 3. The largest absolute Gasteiger partial charge is 0.465 e. The van der Waals surface area contributed by atoms with E-state index >= 15 is 0 Å². The van der Waals surface area contributed by atoms with Gasteiger partial charge in [0.1, 0.15) is 5.25 Å². The maximum Gasteiger partial charge on any atom is 0.319 e. The second-order valence-electron chi connectivity index (χ2n) is 4.63. The van der Waals surface area contributed by atoms with Gasteiger partial charge in [0.15, 0.2) is 11.0 Å². The third-order valence-electron chi connectivity index (χ3n) is 3.20. The minimum atomic E-state index is -0.193. The number of allylic oxidation sites excluding steroid dienone is 1. The first-order valence-electron chi connectivity index (χ1n) is 6.72. The Morgan fingerprint density at radius 1 is 1.38 bits per heavy atom. The number of esters is 1. The molecule has 1 aromatic carbocycles. The molecule has 5 nitrogen and oxygen atoms in total. The number of ether oxygens (including phenoxy) is 1. The summed E-state index contributed by atoms with van der Waals surface area (Å²) in [6.07, 6.45) is 2.51. The SMILES string of the molecule is C=CCn1c(S[C@@H]2CCOC2=O)nnc1-c1ccccc1. The number of aromatic nitrogens is 3. The van der Waals surface area contributed by atoms with Gasteiger partial charge in [0.2, 0.25) is 0 Å². The molecular weight excluding hydrogens is 286 g/mol. The molecule has 2 aromatic rings. The zero-order valence-corrected chi connectivity index (χ0v) is 12.3. The molecule has 0 aliphatic carbocycles. The molecule has 108 valence electrons. The average molecular weight is 301 g/mol. The van der Waals surface area contributed by atoms with Gasteiger partial charge in [-0.05, 0) is 0 Å². The van der Waals surface area contributed by atoms with Crippen molar-refractivity contribution in [2.24, 2.45) is 0 Å². The predicted molar refractivity (Wildman–Crippen MR) is 80.9 cm³/mol. The molecule has 1 atom stereocenters. The maximum absolute atomic E-state index is 11.6. The fourth-order valence-electron chi connectivity index (χ4n) is 2.18. The molecule has 0 bridgehead atoms. The van der Waals surface area contributed by atoms with Gasteiger partial charge in [0, 0.05) is 18.5 Å². The van der Waals surface area contributed by atoms with Crippen molar-refractivity contribution in [3.8, 4) is 11.4 Å². The molecule has 0 spiro atoms. The fraction of sp³-hybridized carbons (Fsp3) is 0.267. The van der Waals surface area contributed by atoms with Crippen molar-refractivity contribution in [2.75, 3.05) is 6.61 Å². The monoisotopic (exact) mass is 301 g/mol. The second-order valence-corrected chi connectivity index (χ2v) is 5.80. The van der Waals surface area contributed by atoms with Gasteiger partial charge in [-0.25, -0.2) is 0 Å². The molecule has 2 heterocycles. The quantitative estimate of drug-likeness (QED) is 0.627. The standard InChI is InChI=1S/C15H15N3O2S/c1-2-9-18-13(11-6-4-3-5-7-11)16-17-15(18)21-12-8-10-20-14(12)19/h2-7,12H,1,8-10H2/t12-/m1/s1. The smallest absolute Gasteiger partial charge is 0.319 e. The van der Waals surface area contributed by atoms with E-state index < -0.39 is 0 Å². The fourth-order valence-corrected chi connectivity index (χ4v) is 3.19. The van der Waals surface area contributed by atoms with Gasteiger partial charge >= 0.3 is 5.97 Å². The zero-order valence-electron chi connectivity index (χ0n) is 11.4. The van der Waals surface area contributed by atoms with Crippen LogP contribution in [0.4, 0.5) is 0 Å². The highest BCUT2D eigenvalue weighted by molar-refractivity contribution is 8.00. The summed E-state index contributed by atoms with van der Waals surface area (Å²) in [5.41, 5.74) is 0.993. The lowest BCUT2D eigenvalue weighted by molar-refractivity contribution is -0.137. The number of carbonyl (C=O) groups excluding carboxylic acids is 1. The van der Waals surface area contributed by atoms with Crippen molar-refractivity contribution in [1.29, 1.82) is 0 Å². The minimum absolute atomic E-state index is 0.172. The van der Waals surface area contributed by atoms with Gasteiger partial charge in [-0.1, -0.05) is 48.2 Å². The van der Waals surface area contributed by atoms with Gasteiger partial charge in [0.25, 0.3) is 0 Å². The Kier molecular flexibility index (Phi) is 4.06. The number of carbonyl (C=O) groups is 1. The van der Waals surface area contributed by atoms with Gasteiger partial charge in [0.05, 0.1) is 6.61 Å². The molecule has 21 heavy (non-hydrogen) atoms. The molecule has 0 radical (unpaired) electrons. The number of benzene rings is 1. The summed E-state index contributed by atoms with van der Waals surface area (Å²) in [5, 5.41) is 9.02. The molecule has 6 heteroatoms. The lowest BCUT2D eigenvalue weighted by Gasteiger charge is -2.09. The molecule has 1 aliphatic heterocycles. The Morgan fingerprint density at radius 3 is 2.86 bits per heavy atom. The van der Waals surface area contributed by atoms with Crippen molar-refractivity contribution >= 4 is 17.7 Å². The molecule has 0 unspecified atom stereocenters. The third kappa shape index (κ3) is 2.85. The molecule has 1 aromatic heterocycles. The summed E-state index contributed by atoms with van der Waals surface area (Å²) < 4.78 is 6.96. The van der Waals surface area contributed by atoms with E-state index in [2.05, 4.69) is 16.8 Å². The number of thioether (sulfide) groups is 1. The number of hydrogen-bond donors (Lipinski definition) is 0. The summed E-state index contributed by atoms with van der Waals surface area (Å²) in [6, 6.07) is 9.86. The van der Waals surface area contributed by atoms with Crippen LogP contribution in [0.25, 0.3) is 11.4 Å². The number of rotatable bonds is 5. The van der Waals surface area contributed by atoms with E-state index in [4.69, 9.17) is 4.74 Å². The van der Waals surface area contributed by atoms with Crippen LogP contribution in [0.2, 0.25) is 0 Å². The molecule has 1 saturated heterocycles. The topological polar surface area (TPSA) is 57.0 Å². The van der Waals surface area contributed by atoms with Crippen molar-refractivity contribution in [3.63, 3.8) is 0 Å². The first-order valence-corrected chi connectivity index (χ1v) is 7.60. The van der Waals surface area contributed by atoms with E-state index in [9.17, 15) is 4.79 Å². The van der Waals surface area contributed by atoms with Crippen LogP contribution in [0.5, 0.6) is 0 Å². The van der Waals surface area contributed by atoms with Gasteiger partial charge in [-0.2, -0.15) is 0 Å². The summed E-state index contributed by atoms with van der Waals surface area (Å²) in [6.45, 7) is 4.86. The van der Waals surface area contributed by atoms with Crippen LogP contribution in [0, 0.1) is 0 Å². The molecule has 3 rings (SSSR count). The van der Waals surface area contributed by atoms with E-state index in [0.717, 1.165) is 16.5 Å². The first-order chi connectivity index (χ1) is 10.3. The van der Waals surface area contributed by atoms with Gasteiger partial charge in [-0.15, -0.1) is 16.8 Å². The molecule has 0 saturated carbocycles. The van der Waals surface area contributed by atoms with Crippen molar-refractivity contribution in [1.82, 2.24) is 14.8 Å². The first kappa shape index (κ1) is 13.9. The number of hydrogen-bond acceptors (Lipinski definition) is 5. The van der Waals surface area contributed by atoms with Crippen molar-refractivity contribution in [2.45, 2.75) is 23.4 Å². The Labute approximate surface area is 127 Å². The predicted octanol–water partition coefficient (Wildman–Crippen LogP) is 2.54. The third-order valence-corrected chi connectivity index (χ3v) is 4.42. The number of cyclic esters (lactones) is 1. The summed E-state index contributed by atoms with van der Waals surface area (Å²) in [4.78, 5) is 11.6. The summed E-state index contributed by atoms with van der Waals surface area (Å²) in [7, 11) is 0. The highest BCUT2D eigenvalue weighted by atomic mass is 32.2. The zero-order chi connectivity index (χ0) is 14.7. The summed E-state index contributed by atoms with van der Waals surface area (Å²) in [5.74, 6) is 0.610. The highest BCUT2D eigenvalue weighted by Crippen LogP contribution is 2.30. The Balaban J connectivity index is 1.92.